The van der Waals surface area contributed by atoms with Gasteiger partial charge >= 0.3 is 0 Å². The zero-order chi connectivity index (χ0) is 20.4. The van der Waals surface area contributed by atoms with E-state index in [2.05, 4.69) is 9.82 Å². The van der Waals surface area contributed by atoms with Gasteiger partial charge in [-0.3, -0.25) is 4.79 Å². The SMILES string of the molecule is CC(=O)N1CCc2cc(S(=O)(=O)NCCc3ccc(-n4cccn4)cc3)ccc21. The zero-order valence-corrected chi connectivity index (χ0v) is 16.9. The summed E-state index contributed by atoms with van der Waals surface area (Å²) < 4.78 is 29.7. The fraction of sp³-hybridized carbons (Fsp3) is 0.238. The molecule has 1 aromatic heterocycles. The monoisotopic (exact) mass is 410 g/mol. The van der Waals surface area contributed by atoms with Crippen LogP contribution in [0, 0.1) is 0 Å². The lowest BCUT2D eigenvalue weighted by atomic mass is 10.1. The summed E-state index contributed by atoms with van der Waals surface area (Å²) in [4.78, 5) is 13.5. The topological polar surface area (TPSA) is 84.3 Å². The molecule has 150 valence electrons. The Balaban J connectivity index is 1.39. The standard InChI is InChI=1S/C21H22N4O3S/c1-16(26)24-14-10-18-15-20(7-8-21(18)24)29(27,28)23-12-9-17-3-5-19(6-4-17)25-13-2-11-22-25/h2-8,11,13,15,23H,9-10,12,14H2,1H3. The van der Waals surface area contributed by atoms with Gasteiger partial charge in [0.25, 0.3) is 0 Å². The average molecular weight is 410 g/mol. The number of nitrogens with zero attached hydrogens (tertiary/aromatic N) is 3. The minimum absolute atomic E-state index is 0.0314. The fourth-order valence-electron chi connectivity index (χ4n) is 3.52. The number of aromatic nitrogens is 2. The van der Waals surface area contributed by atoms with E-state index in [1.165, 1.54) is 6.92 Å². The molecule has 0 radical (unpaired) electrons. The molecule has 0 fully saturated rings. The van der Waals surface area contributed by atoms with E-state index in [0.717, 1.165) is 22.5 Å². The summed E-state index contributed by atoms with van der Waals surface area (Å²) in [6.45, 7) is 2.42. The maximum Gasteiger partial charge on any atom is 0.240 e. The van der Waals surface area contributed by atoms with Crippen molar-refractivity contribution in [1.82, 2.24) is 14.5 Å². The molecule has 1 aliphatic rings. The highest BCUT2D eigenvalue weighted by atomic mass is 32.2. The quantitative estimate of drug-likeness (QED) is 0.676. The Morgan fingerprint density at radius 3 is 2.66 bits per heavy atom. The number of rotatable bonds is 6. The van der Waals surface area contributed by atoms with E-state index in [-0.39, 0.29) is 10.8 Å². The van der Waals surface area contributed by atoms with E-state index in [1.807, 2.05) is 36.5 Å². The van der Waals surface area contributed by atoms with Gasteiger partial charge in [-0.05, 0) is 60.4 Å². The van der Waals surface area contributed by atoms with Crippen molar-refractivity contribution in [2.45, 2.75) is 24.7 Å². The molecule has 1 amide bonds. The Hall–Kier alpha value is -2.97. The van der Waals surface area contributed by atoms with Crippen molar-refractivity contribution >= 4 is 21.6 Å². The number of carbonyl (C=O) groups excluding carboxylic acids is 1. The van der Waals surface area contributed by atoms with Gasteiger partial charge in [0, 0.05) is 38.1 Å². The highest BCUT2D eigenvalue weighted by Crippen LogP contribution is 2.30. The largest absolute Gasteiger partial charge is 0.312 e. The van der Waals surface area contributed by atoms with Crippen LogP contribution in [0.3, 0.4) is 0 Å². The highest BCUT2D eigenvalue weighted by molar-refractivity contribution is 7.89. The number of hydrogen-bond acceptors (Lipinski definition) is 4. The first-order valence-corrected chi connectivity index (χ1v) is 10.9. The third-order valence-corrected chi connectivity index (χ3v) is 6.51. The average Bonchev–Trinajstić information content (AvgIpc) is 3.38. The molecule has 0 saturated heterocycles. The minimum atomic E-state index is -3.60. The van der Waals surface area contributed by atoms with E-state index >= 15 is 0 Å². The smallest absolute Gasteiger partial charge is 0.240 e. The zero-order valence-electron chi connectivity index (χ0n) is 16.1. The van der Waals surface area contributed by atoms with E-state index in [9.17, 15) is 13.2 Å². The second-order valence-electron chi connectivity index (χ2n) is 6.98. The number of carbonyl (C=O) groups is 1. The summed E-state index contributed by atoms with van der Waals surface area (Å²) in [6, 6.07) is 14.6. The van der Waals surface area contributed by atoms with Crippen LogP contribution in [0.25, 0.3) is 5.69 Å². The Morgan fingerprint density at radius 1 is 1.17 bits per heavy atom. The number of anilines is 1. The van der Waals surface area contributed by atoms with Crippen LogP contribution in [0.2, 0.25) is 0 Å². The molecule has 4 rings (SSSR count). The summed E-state index contributed by atoms with van der Waals surface area (Å²) in [5, 5.41) is 4.19. The van der Waals surface area contributed by atoms with Crippen molar-refractivity contribution in [3.63, 3.8) is 0 Å². The normalized spacial score (nSPS) is 13.5. The summed E-state index contributed by atoms with van der Waals surface area (Å²) in [5.74, 6) is -0.0314. The summed E-state index contributed by atoms with van der Waals surface area (Å²) in [5.41, 5.74) is 3.68. The van der Waals surface area contributed by atoms with Crippen molar-refractivity contribution in [2.75, 3.05) is 18.0 Å². The second kappa shape index (κ2) is 7.81. The summed E-state index contributed by atoms with van der Waals surface area (Å²) in [7, 11) is -3.60. The Morgan fingerprint density at radius 2 is 1.97 bits per heavy atom. The molecular formula is C21H22N4O3S. The lowest BCUT2D eigenvalue weighted by Crippen LogP contribution is -2.26. The number of fused-ring (bicyclic) bond motifs is 1. The molecule has 3 aromatic rings. The van der Waals surface area contributed by atoms with Crippen LogP contribution in [0.4, 0.5) is 5.69 Å². The molecular weight excluding hydrogens is 388 g/mol. The lowest BCUT2D eigenvalue weighted by molar-refractivity contribution is -0.116. The van der Waals surface area contributed by atoms with Crippen molar-refractivity contribution in [3.8, 4) is 5.69 Å². The number of nitrogens with one attached hydrogen (secondary N) is 1. The predicted octanol–water partition coefficient (Wildman–Crippen LogP) is 2.30. The van der Waals surface area contributed by atoms with Crippen LogP contribution in [0.15, 0.2) is 65.8 Å². The van der Waals surface area contributed by atoms with Crippen LogP contribution in [-0.2, 0) is 27.7 Å². The van der Waals surface area contributed by atoms with E-state index in [4.69, 9.17) is 0 Å². The molecule has 1 N–H and O–H groups in total. The fourth-order valence-corrected chi connectivity index (χ4v) is 4.60. The maximum atomic E-state index is 12.6. The van der Waals surface area contributed by atoms with Gasteiger partial charge in [0.05, 0.1) is 10.6 Å². The first-order chi connectivity index (χ1) is 13.9. The van der Waals surface area contributed by atoms with Crippen LogP contribution < -0.4 is 9.62 Å². The van der Waals surface area contributed by atoms with Gasteiger partial charge < -0.3 is 4.90 Å². The maximum absolute atomic E-state index is 12.6. The van der Waals surface area contributed by atoms with E-state index < -0.39 is 10.0 Å². The first kappa shape index (κ1) is 19.4. The predicted molar refractivity (Wildman–Crippen MR) is 111 cm³/mol. The molecule has 2 heterocycles. The molecule has 0 spiro atoms. The van der Waals surface area contributed by atoms with Gasteiger partial charge in [0.1, 0.15) is 0 Å². The van der Waals surface area contributed by atoms with Crippen molar-refractivity contribution < 1.29 is 13.2 Å². The van der Waals surface area contributed by atoms with Crippen molar-refractivity contribution in [3.05, 3.63) is 72.1 Å². The summed E-state index contributed by atoms with van der Waals surface area (Å²) in [6.07, 6.45) is 4.84. The minimum Gasteiger partial charge on any atom is -0.312 e. The molecule has 0 bridgehead atoms. The molecule has 7 nitrogen and oxygen atoms in total. The third kappa shape index (κ3) is 4.08. The first-order valence-electron chi connectivity index (χ1n) is 9.44. The number of amides is 1. The third-order valence-electron chi connectivity index (χ3n) is 5.05. The molecule has 29 heavy (non-hydrogen) atoms. The van der Waals surface area contributed by atoms with Crippen molar-refractivity contribution in [1.29, 1.82) is 0 Å². The van der Waals surface area contributed by atoms with Gasteiger partial charge in [0.15, 0.2) is 0 Å². The van der Waals surface area contributed by atoms with Crippen molar-refractivity contribution in [2.24, 2.45) is 0 Å². The van der Waals surface area contributed by atoms with E-state index in [0.29, 0.717) is 25.9 Å². The number of benzene rings is 2. The Kier molecular flexibility index (Phi) is 5.21. The molecule has 8 heteroatoms. The Labute approximate surface area is 170 Å². The number of hydrogen-bond donors (Lipinski definition) is 1. The molecule has 0 unspecified atom stereocenters. The molecule has 0 aliphatic carbocycles. The second-order valence-corrected chi connectivity index (χ2v) is 8.74. The molecule has 1 aliphatic heterocycles. The van der Waals surface area contributed by atoms with Gasteiger partial charge in [-0.2, -0.15) is 5.10 Å². The van der Waals surface area contributed by atoms with Gasteiger partial charge in [-0.1, -0.05) is 12.1 Å². The van der Waals surface area contributed by atoms with Gasteiger partial charge in [-0.25, -0.2) is 17.8 Å². The van der Waals surface area contributed by atoms with Crippen LogP contribution in [-0.4, -0.2) is 37.2 Å². The highest BCUT2D eigenvalue weighted by Gasteiger charge is 2.24. The van der Waals surface area contributed by atoms with Crippen LogP contribution >= 0.6 is 0 Å². The summed E-state index contributed by atoms with van der Waals surface area (Å²) >= 11 is 0. The van der Waals surface area contributed by atoms with E-state index in [1.54, 1.807) is 34.0 Å². The van der Waals surface area contributed by atoms with Gasteiger partial charge in [0.2, 0.25) is 15.9 Å². The number of sulfonamides is 1. The lowest BCUT2D eigenvalue weighted by Gasteiger charge is -2.15. The van der Waals surface area contributed by atoms with Crippen LogP contribution in [0.5, 0.6) is 0 Å². The Bertz CT molecular complexity index is 1120. The van der Waals surface area contributed by atoms with Gasteiger partial charge in [-0.15, -0.1) is 0 Å². The molecule has 0 atom stereocenters. The molecule has 2 aromatic carbocycles. The van der Waals surface area contributed by atoms with Crippen LogP contribution in [0.1, 0.15) is 18.1 Å². The molecule has 0 saturated carbocycles.